The summed E-state index contributed by atoms with van der Waals surface area (Å²) in [5.74, 6) is 0. The summed E-state index contributed by atoms with van der Waals surface area (Å²) in [6.45, 7) is 10.9. The molecule has 0 aromatic carbocycles. The molecule has 0 aromatic rings. The monoisotopic (exact) mass is 151 g/mol. The second-order valence-electron chi connectivity index (χ2n) is 3.93. The van der Waals surface area contributed by atoms with Crippen LogP contribution < -0.4 is 0 Å². The Bertz CT molecular complexity index is 199. The largest absolute Gasteiger partial charge is 0.286 e. The molecule has 0 spiro atoms. The lowest BCUT2D eigenvalue weighted by atomic mass is 9.78. The second kappa shape index (κ2) is 2.47. The normalized spacial score (nSPS) is 29.4. The summed E-state index contributed by atoms with van der Waals surface area (Å²) in [4.78, 5) is 4.53. The maximum absolute atomic E-state index is 4.53. The van der Waals surface area contributed by atoms with Gasteiger partial charge in [0.2, 0.25) is 0 Å². The molecule has 1 nitrogen and oxygen atoms in total. The Labute approximate surface area is 69.2 Å². The van der Waals surface area contributed by atoms with Crippen LogP contribution in [0.2, 0.25) is 0 Å². The third-order valence-corrected chi connectivity index (χ3v) is 2.78. The lowest BCUT2D eigenvalue weighted by Crippen LogP contribution is -2.28. The highest BCUT2D eigenvalue weighted by Gasteiger charge is 2.27. The maximum atomic E-state index is 4.53. The molecule has 0 amide bonds. The van der Waals surface area contributed by atoms with Crippen molar-refractivity contribution in [3.8, 4) is 0 Å². The van der Waals surface area contributed by atoms with Gasteiger partial charge in [0.1, 0.15) is 0 Å². The predicted molar refractivity (Wildman–Crippen MR) is 50.1 cm³/mol. The molecule has 1 heterocycles. The van der Waals surface area contributed by atoms with Gasteiger partial charge in [-0.3, -0.25) is 4.99 Å². The topological polar surface area (TPSA) is 12.4 Å². The van der Waals surface area contributed by atoms with Crippen LogP contribution in [0.15, 0.2) is 16.6 Å². The van der Waals surface area contributed by atoms with Crippen molar-refractivity contribution in [2.24, 2.45) is 10.4 Å². The van der Waals surface area contributed by atoms with Gasteiger partial charge in [0.15, 0.2) is 0 Å². The first-order chi connectivity index (χ1) is 4.94. The van der Waals surface area contributed by atoms with Gasteiger partial charge in [0.25, 0.3) is 0 Å². The van der Waals surface area contributed by atoms with Gasteiger partial charge in [0, 0.05) is 11.1 Å². The number of aliphatic imine (C=N–C) groups is 1. The molecule has 1 unspecified atom stereocenters. The summed E-state index contributed by atoms with van der Waals surface area (Å²) in [5, 5.41) is 0. The molecule has 0 radical (unpaired) electrons. The summed E-state index contributed by atoms with van der Waals surface area (Å²) in [5.41, 5.74) is 2.88. The third kappa shape index (κ3) is 1.37. The molecular formula is C10H17N. The average molecular weight is 151 g/mol. The minimum atomic E-state index is 0.187. The van der Waals surface area contributed by atoms with Crippen LogP contribution in [-0.2, 0) is 0 Å². The Morgan fingerprint density at radius 2 is 1.91 bits per heavy atom. The minimum absolute atomic E-state index is 0.187. The van der Waals surface area contributed by atoms with Crippen molar-refractivity contribution < 1.29 is 0 Å². The van der Waals surface area contributed by atoms with Crippen molar-refractivity contribution in [2.45, 2.75) is 40.7 Å². The molecule has 0 fully saturated rings. The highest BCUT2D eigenvalue weighted by atomic mass is 14.8. The molecule has 1 heteroatoms. The van der Waals surface area contributed by atoms with Crippen LogP contribution in [-0.4, -0.2) is 11.8 Å². The van der Waals surface area contributed by atoms with E-state index in [1.54, 1.807) is 0 Å². The zero-order valence-corrected chi connectivity index (χ0v) is 8.10. The number of hydrogen-bond acceptors (Lipinski definition) is 1. The Morgan fingerprint density at radius 3 is 2.36 bits per heavy atom. The molecule has 11 heavy (non-hydrogen) atoms. The first-order valence-electron chi connectivity index (χ1n) is 4.18. The van der Waals surface area contributed by atoms with Gasteiger partial charge in [0.05, 0.1) is 6.04 Å². The second-order valence-corrected chi connectivity index (χ2v) is 3.93. The van der Waals surface area contributed by atoms with Crippen LogP contribution in [0.4, 0.5) is 0 Å². The molecule has 1 rings (SSSR count). The molecular weight excluding hydrogens is 134 g/mol. The Balaban J connectivity index is 3.01. The van der Waals surface area contributed by atoms with E-state index in [4.69, 9.17) is 0 Å². The van der Waals surface area contributed by atoms with Crippen LogP contribution in [0.3, 0.4) is 0 Å². The van der Waals surface area contributed by atoms with Gasteiger partial charge < -0.3 is 0 Å². The Hall–Kier alpha value is -0.590. The van der Waals surface area contributed by atoms with Gasteiger partial charge in [-0.05, 0) is 20.8 Å². The van der Waals surface area contributed by atoms with Gasteiger partial charge >= 0.3 is 0 Å². The quantitative estimate of drug-likeness (QED) is 0.472. The van der Waals surface area contributed by atoms with Crippen molar-refractivity contribution in [3.05, 3.63) is 11.6 Å². The summed E-state index contributed by atoms with van der Waals surface area (Å²) in [6.07, 6.45) is 2.24. The summed E-state index contributed by atoms with van der Waals surface area (Å²) < 4.78 is 0. The number of rotatable bonds is 0. The molecule has 1 atom stereocenters. The molecule has 0 aromatic heterocycles. The van der Waals surface area contributed by atoms with E-state index in [-0.39, 0.29) is 5.41 Å². The van der Waals surface area contributed by atoms with Crippen LogP contribution in [0.25, 0.3) is 0 Å². The van der Waals surface area contributed by atoms with Crippen LogP contribution in [0.1, 0.15) is 34.6 Å². The lowest BCUT2D eigenvalue weighted by molar-refractivity contribution is 0.593. The first-order valence-corrected chi connectivity index (χ1v) is 4.18. The van der Waals surface area contributed by atoms with Gasteiger partial charge in [-0.2, -0.15) is 0 Å². The van der Waals surface area contributed by atoms with Crippen molar-refractivity contribution in [1.82, 2.24) is 0 Å². The molecule has 62 valence electrons. The summed E-state index contributed by atoms with van der Waals surface area (Å²) in [6, 6.07) is 0.378. The van der Waals surface area contributed by atoms with E-state index in [2.05, 4.69) is 45.7 Å². The molecule has 1 aliphatic heterocycles. The Kier molecular flexibility index (Phi) is 1.91. The lowest BCUT2D eigenvalue weighted by Gasteiger charge is -2.31. The molecule has 1 aliphatic rings. The number of nitrogens with zero attached hydrogens (tertiary/aromatic N) is 1. The standard InChI is InChI=1S/C10H17N/c1-7-6-8(2)11-9(3)10(7,4)5/h6,8H,1-5H3. The maximum Gasteiger partial charge on any atom is 0.0654 e. The van der Waals surface area contributed by atoms with Gasteiger partial charge in [-0.25, -0.2) is 0 Å². The molecule has 0 saturated heterocycles. The van der Waals surface area contributed by atoms with E-state index in [1.807, 2.05) is 0 Å². The predicted octanol–water partition coefficient (Wildman–Crippen LogP) is 2.82. The fraction of sp³-hybridized carbons (Fsp3) is 0.700. The zero-order chi connectivity index (χ0) is 8.65. The smallest absolute Gasteiger partial charge is 0.0654 e. The van der Waals surface area contributed by atoms with E-state index in [0.717, 1.165) is 0 Å². The number of allylic oxidation sites excluding steroid dienone is 1. The molecule has 0 bridgehead atoms. The number of hydrogen-bond donors (Lipinski definition) is 0. The SMILES string of the molecule is CC1=CC(C)N=C(C)C1(C)C. The molecule has 0 saturated carbocycles. The van der Waals surface area contributed by atoms with E-state index in [9.17, 15) is 0 Å². The van der Waals surface area contributed by atoms with E-state index in [0.29, 0.717) is 6.04 Å². The highest BCUT2D eigenvalue weighted by molar-refractivity contribution is 5.91. The fourth-order valence-corrected chi connectivity index (χ4v) is 1.36. The number of dihydropyridines is 1. The summed E-state index contributed by atoms with van der Waals surface area (Å²) in [7, 11) is 0. The van der Waals surface area contributed by atoms with Crippen LogP contribution in [0, 0.1) is 5.41 Å². The van der Waals surface area contributed by atoms with Crippen LogP contribution in [0.5, 0.6) is 0 Å². The molecule has 0 aliphatic carbocycles. The van der Waals surface area contributed by atoms with E-state index >= 15 is 0 Å². The van der Waals surface area contributed by atoms with Crippen molar-refractivity contribution in [2.75, 3.05) is 0 Å². The third-order valence-electron chi connectivity index (χ3n) is 2.78. The average Bonchev–Trinajstić information content (AvgIpc) is 1.84. The minimum Gasteiger partial charge on any atom is -0.286 e. The van der Waals surface area contributed by atoms with Gasteiger partial charge in [-0.1, -0.05) is 25.5 Å². The van der Waals surface area contributed by atoms with Crippen molar-refractivity contribution >= 4 is 5.71 Å². The van der Waals surface area contributed by atoms with E-state index < -0.39 is 0 Å². The molecule has 0 N–H and O–H groups in total. The van der Waals surface area contributed by atoms with Gasteiger partial charge in [-0.15, -0.1) is 0 Å². The fourth-order valence-electron chi connectivity index (χ4n) is 1.36. The van der Waals surface area contributed by atoms with Crippen LogP contribution >= 0.6 is 0 Å². The van der Waals surface area contributed by atoms with Crippen molar-refractivity contribution in [3.63, 3.8) is 0 Å². The van der Waals surface area contributed by atoms with E-state index in [1.165, 1.54) is 11.3 Å². The Morgan fingerprint density at radius 1 is 1.36 bits per heavy atom. The van der Waals surface area contributed by atoms with Crippen molar-refractivity contribution in [1.29, 1.82) is 0 Å². The first kappa shape index (κ1) is 8.51. The highest BCUT2D eigenvalue weighted by Crippen LogP contribution is 2.31. The summed E-state index contributed by atoms with van der Waals surface area (Å²) >= 11 is 0. The zero-order valence-electron chi connectivity index (χ0n) is 8.10.